The van der Waals surface area contributed by atoms with Crippen LogP contribution in [0.4, 0.5) is 0 Å². The monoisotopic (exact) mass is 484 g/mol. The van der Waals surface area contributed by atoms with Gasteiger partial charge in [-0.2, -0.15) is 0 Å². The van der Waals surface area contributed by atoms with Gasteiger partial charge in [0.2, 0.25) is 0 Å². The largest absolute Gasteiger partial charge is 1.00 e. The number of hydrogen-bond acceptors (Lipinski definition) is 4. The first-order valence-electron chi connectivity index (χ1n) is 11.8. The van der Waals surface area contributed by atoms with E-state index in [0.717, 1.165) is 6.42 Å². The number of ether oxygens (including phenoxy) is 1. The minimum atomic E-state index is -4.57. The second-order valence-corrected chi connectivity index (χ2v) is 9.63. The maximum Gasteiger partial charge on any atom is 1.00 e. The molecule has 2 aromatic rings. The van der Waals surface area contributed by atoms with E-state index in [1.165, 1.54) is 101 Å². The van der Waals surface area contributed by atoms with Gasteiger partial charge < -0.3 is 9.29 Å². The van der Waals surface area contributed by atoms with Gasteiger partial charge in [-0.1, -0.05) is 102 Å². The van der Waals surface area contributed by atoms with Crippen molar-refractivity contribution in [1.29, 1.82) is 0 Å². The van der Waals surface area contributed by atoms with Gasteiger partial charge in [-0.25, -0.2) is 8.42 Å². The molecule has 2 aromatic carbocycles. The molecule has 0 saturated heterocycles. The number of unbranched alkanes of at least 4 members (excludes halogenated alkanes) is 11. The molecule has 0 aliphatic rings. The maximum atomic E-state index is 11.4. The smallest absolute Gasteiger partial charge is 0.744 e. The molecule has 0 saturated carbocycles. The number of aryl methyl sites for hydroxylation is 1. The van der Waals surface area contributed by atoms with Gasteiger partial charge in [-0.3, -0.25) is 0 Å². The summed E-state index contributed by atoms with van der Waals surface area (Å²) in [5, 5.41) is 0. The summed E-state index contributed by atoms with van der Waals surface area (Å²) in [5.41, 5.74) is 1.24. The van der Waals surface area contributed by atoms with Crippen molar-refractivity contribution < 1.29 is 69.1 Å². The summed E-state index contributed by atoms with van der Waals surface area (Å²) in [6, 6.07) is 13.6. The summed E-state index contributed by atoms with van der Waals surface area (Å²) < 4.78 is 39.7. The van der Waals surface area contributed by atoms with Crippen LogP contribution >= 0.6 is 0 Å². The summed E-state index contributed by atoms with van der Waals surface area (Å²) in [6.45, 7) is 2.26. The fraction of sp³-hybridized carbons (Fsp3) is 0.538. The molecule has 0 amide bonds. The van der Waals surface area contributed by atoms with Crippen molar-refractivity contribution in [2.75, 3.05) is 0 Å². The molecule has 0 aliphatic carbocycles. The van der Waals surface area contributed by atoms with Crippen LogP contribution in [0.3, 0.4) is 0 Å². The Morgan fingerprint density at radius 2 is 1.22 bits per heavy atom. The van der Waals surface area contributed by atoms with Gasteiger partial charge in [0.15, 0.2) is 0 Å². The van der Waals surface area contributed by atoms with Crippen molar-refractivity contribution in [1.82, 2.24) is 0 Å². The van der Waals surface area contributed by atoms with Crippen LogP contribution in [0.25, 0.3) is 0 Å². The van der Waals surface area contributed by atoms with E-state index in [2.05, 4.69) is 6.92 Å². The summed E-state index contributed by atoms with van der Waals surface area (Å²) in [6.07, 6.45) is 17.1. The van der Waals surface area contributed by atoms with E-state index in [0.29, 0.717) is 5.75 Å². The van der Waals surface area contributed by atoms with Crippen LogP contribution in [0.1, 0.15) is 89.5 Å². The zero-order valence-corrected chi connectivity index (χ0v) is 23.8. The fourth-order valence-corrected chi connectivity index (χ4v) is 4.36. The van der Waals surface area contributed by atoms with Gasteiger partial charge in [0.1, 0.15) is 21.6 Å². The van der Waals surface area contributed by atoms with E-state index in [4.69, 9.17) is 4.74 Å². The predicted molar refractivity (Wildman–Crippen MR) is 126 cm³/mol. The Labute approximate surface area is 237 Å². The molecule has 0 unspecified atom stereocenters. The zero-order valence-electron chi connectivity index (χ0n) is 19.9. The number of rotatable bonds is 16. The Morgan fingerprint density at radius 1 is 0.719 bits per heavy atom. The third kappa shape index (κ3) is 12.3. The molecule has 0 heterocycles. The molecular formula is C26H37KO4S. The van der Waals surface area contributed by atoms with Gasteiger partial charge in [0.25, 0.3) is 0 Å². The van der Waals surface area contributed by atoms with E-state index >= 15 is 0 Å². The third-order valence-electron chi connectivity index (χ3n) is 5.59. The van der Waals surface area contributed by atoms with Gasteiger partial charge in [0, 0.05) is 0 Å². The summed E-state index contributed by atoms with van der Waals surface area (Å²) in [4.78, 5) is -0.337. The standard InChI is InChI=1S/C26H38O4S.K/c1-2-3-4-5-6-7-8-9-10-11-12-13-16-23-19-21-24(22-20-23)30-25-17-14-15-18-26(25)31(27,28)29;/h14-15,17-22H,2-13,16H2,1H3,(H,27,28,29);/q;+1/p-1. The first kappa shape index (κ1) is 29.8. The van der Waals surface area contributed by atoms with Crippen molar-refractivity contribution in [3.05, 3.63) is 54.1 Å². The Morgan fingerprint density at radius 3 is 1.75 bits per heavy atom. The van der Waals surface area contributed by atoms with E-state index in [-0.39, 0.29) is 62.0 Å². The van der Waals surface area contributed by atoms with Crippen LogP contribution in [0, 0.1) is 0 Å². The first-order chi connectivity index (χ1) is 15.0. The summed E-state index contributed by atoms with van der Waals surface area (Å²) in [7, 11) is -4.57. The van der Waals surface area contributed by atoms with Crippen LogP contribution in [0.15, 0.2) is 53.4 Å². The van der Waals surface area contributed by atoms with Gasteiger partial charge >= 0.3 is 51.4 Å². The molecule has 4 nitrogen and oxygen atoms in total. The van der Waals surface area contributed by atoms with Gasteiger partial charge in [-0.05, 0) is 42.7 Å². The van der Waals surface area contributed by atoms with Crippen LogP contribution in [-0.4, -0.2) is 13.0 Å². The number of para-hydroxylation sites is 1. The van der Waals surface area contributed by atoms with Crippen molar-refractivity contribution >= 4 is 10.1 Å². The second-order valence-electron chi connectivity index (χ2n) is 8.29. The molecule has 32 heavy (non-hydrogen) atoms. The van der Waals surface area contributed by atoms with E-state index in [1.54, 1.807) is 6.07 Å². The van der Waals surface area contributed by atoms with Crippen molar-refractivity contribution in [3.8, 4) is 11.5 Å². The van der Waals surface area contributed by atoms with Crippen LogP contribution in [-0.2, 0) is 16.5 Å². The van der Waals surface area contributed by atoms with Crippen molar-refractivity contribution in [3.63, 3.8) is 0 Å². The molecule has 172 valence electrons. The van der Waals surface area contributed by atoms with Crippen LogP contribution < -0.4 is 56.1 Å². The van der Waals surface area contributed by atoms with Crippen LogP contribution in [0.2, 0.25) is 0 Å². The normalized spacial score (nSPS) is 11.2. The molecule has 0 radical (unpaired) electrons. The van der Waals surface area contributed by atoms with Gasteiger partial charge in [0.05, 0.1) is 4.90 Å². The first-order valence-corrected chi connectivity index (χ1v) is 13.2. The Kier molecular flexibility index (Phi) is 16.1. The Bertz CT molecular complexity index is 850. The molecule has 6 heteroatoms. The third-order valence-corrected chi connectivity index (χ3v) is 6.46. The molecule has 0 bridgehead atoms. The van der Waals surface area contributed by atoms with E-state index in [1.807, 2.05) is 24.3 Å². The molecule has 0 aromatic heterocycles. The molecule has 0 spiro atoms. The average Bonchev–Trinajstić information content (AvgIpc) is 2.75. The average molecular weight is 485 g/mol. The quantitative estimate of drug-likeness (QED) is 0.198. The molecular weight excluding hydrogens is 447 g/mol. The fourth-order valence-electron chi connectivity index (χ4n) is 3.76. The molecule has 0 atom stereocenters. The maximum absolute atomic E-state index is 11.4. The van der Waals surface area contributed by atoms with Crippen molar-refractivity contribution in [2.45, 2.75) is 95.3 Å². The SMILES string of the molecule is CCCCCCCCCCCCCCc1ccc(Oc2ccccc2S(=O)(=O)[O-])cc1.[K+]. The minimum Gasteiger partial charge on any atom is -0.744 e. The summed E-state index contributed by atoms with van der Waals surface area (Å²) in [5.74, 6) is 0.584. The molecule has 0 fully saturated rings. The number of hydrogen-bond donors (Lipinski definition) is 0. The molecule has 0 aliphatic heterocycles. The topological polar surface area (TPSA) is 66.4 Å². The van der Waals surface area contributed by atoms with E-state index in [9.17, 15) is 13.0 Å². The molecule has 0 N–H and O–H groups in total. The van der Waals surface area contributed by atoms with Crippen molar-refractivity contribution in [2.24, 2.45) is 0 Å². The predicted octanol–water partition coefficient (Wildman–Crippen LogP) is 4.63. The summed E-state index contributed by atoms with van der Waals surface area (Å²) >= 11 is 0. The Hall–Kier alpha value is -0.214. The van der Waals surface area contributed by atoms with Gasteiger partial charge in [-0.15, -0.1) is 0 Å². The number of benzene rings is 2. The van der Waals surface area contributed by atoms with Crippen LogP contribution in [0.5, 0.6) is 11.5 Å². The second kappa shape index (κ2) is 17.3. The minimum absolute atomic E-state index is 0. The molecule has 2 rings (SSSR count). The Balaban J connectivity index is 0.00000512. The zero-order chi connectivity index (χ0) is 22.4. The van der Waals surface area contributed by atoms with E-state index < -0.39 is 10.1 Å².